The predicted octanol–water partition coefficient (Wildman–Crippen LogP) is 3.73. The van der Waals surface area contributed by atoms with Gasteiger partial charge >= 0.3 is 0 Å². The molecule has 2 aliphatic carbocycles. The molecule has 6 heteroatoms. The summed E-state index contributed by atoms with van der Waals surface area (Å²) < 4.78 is 0. The molecule has 23 heavy (non-hydrogen) atoms. The zero-order chi connectivity index (χ0) is 15.6. The standard InChI is InChI=1S/C17H28N4O.ClH/c1-17(18)10-6-5-9-13(17)16(22)19-15-11-14(20-21-15)12-7-3-2-4-8-12;/h11-13H,2-10,18H2,1H3,(H2,19,20,21,22);1H. The van der Waals surface area contributed by atoms with Crippen molar-refractivity contribution >= 4 is 24.1 Å². The number of nitrogens with two attached hydrogens (primary N) is 1. The zero-order valence-electron chi connectivity index (χ0n) is 13.9. The third kappa shape index (κ3) is 4.27. The molecule has 0 aromatic carbocycles. The van der Waals surface area contributed by atoms with Crippen molar-refractivity contribution in [1.29, 1.82) is 0 Å². The number of nitrogens with one attached hydrogen (secondary N) is 2. The normalized spacial score (nSPS) is 28.9. The van der Waals surface area contributed by atoms with Gasteiger partial charge in [-0.25, -0.2) is 0 Å². The van der Waals surface area contributed by atoms with Gasteiger partial charge < -0.3 is 11.1 Å². The summed E-state index contributed by atoms with van der Waals surface area (Å²) in [5, 5.41) is 10.4. The molecule has 0 saturated heterocycles. The first-order chi connectivity index (χ1) is 10.6. The molecule has 2 saturated carbocycles. The largest absolute Gasteiger partial charge is 0.325 e. The lowest BCUT2D eigenvalue weighted by molar-refractivity contribution is -0.122. The number of amides is 1. The SMILES string of the molecule is CC1(N)CCCCC1C(=O)Nc1cc(C2CCCCC2)[nH]n1.Cl. The molecule has 1 aromatic rings. The van der Waals surface area contributed by atoms with E-state index in [9.17, 15) is 4.79 Å². The van der Waals surface area contributed by atoms with Crippen LogP contribution >= 0.6 is 12.4 Å². The van der Waals surface area contributed by atoms with Crippen LogP contribution in [0.1, 0.15) is 76.3 Å². The molecule has 4 N–H and O–H groups in total. The van der Waals surface area contributed by atoms with Crippen LogP contribution in [-0.2, 0) is 4.79 Å². The Bertz CT molecular complexity index is 522. The average molecular weight is 341 g/mol. The Hall–Kier alpha value is -1.07. The smallest absolute Gasteiger partial charge is 0.230 e. The van der Waals surface area contributed by atoms with Crippen LogP contribution in [0.3, 0.4) is 0 Å². The molecule has 2 unspecified atom stereocenters. The van der Waals surface area contributed by atoms with E-state index in [1.54, 1.807) is 0 Å². The second kappa shape index (κ2) is 7.67. The zero-order valence-corrected chi connectivity index (χ0v) is 14.8. The van der Waals surface area contributed by atoms with E-state index in [0.717, 1.165) is 31.4 Å². The van der Waals surface area contributed by atoms with Crippen LogP contribution in [0.4, 0.5) is 5.82 Å². The number of rotatable bonds is 3. The molecule has 0 aliphatic heterocycles. The molecule has 1 amide bonds. The van der Waals surface area contributed by atoms with Crippen LogP contribution in [-0.4, -0.2) is 21.6 Å². The lowest BCUT2D eigenvalue weighted by atomic mass is 9.74. The van der Waals surface area contributed by atoms with Crippen LogP contribution in [0.5, 0.6) is 0 Å². The first-order valence-corrected chi connectivity index (χ1v) is 8.71. The lowest BCUT2D eigenvalue weighted by Crippen LogP contribution is -2.51. The summed E-state index contributed by atoms with van der Waals surface area (Å²) in [6.45, 7) is 1.99. The highest BCUT2D eigenvalue weighted by molar-refractivity contribution is 5.92. The number of H-pyrrole nitrogens is 1. The minimum atomic E-state index is -0.398. The highest BCUT2D eigenvalue weighted by Crippen LogP contribution is 2.34. The first-order valence-electron chi connectivity index (χ1n) is 8.71. The third-order valence-electron chi connectivity index (χ3n) is 5.46. The van der Waals surface area contributed by atoms with Gasteiger partial charge in [-0.2, -0.15) is 5.10 Å². The number of hydrogen-bond acceptors (Lipinski definition) is 3. The van der Waals surface area contributed by atoms with Gasteiger partial charge in [-0.1, -0.05) is 32.1 Å². The molecule has 0 radical (unpaired) electrons. The fraction of sp³-hybridized carbons (Fsp3) is 0.765. The van der Waals surface area contributed by atoms with E-state index in [4.69, 9.17) is 5.73 Å². The average Bonchev–Trinajstić information content (AvgIpc) is 2.96. The van der Waals surface area contributed by atoms with Crippen LogP contribution in [0.15, 0.2) is 6.07 Å². The molecule has 1 aromatic heterocycles. The minimum absolute atomic E-state index is 0. The van der Waals surface area contributed by atoms with E-state index in [-0.39, 0.29) is 24.2 Å². The molecule has 3 rings (SSSR count). The topological polar surface area (TPSA) is 83.8 Å². The van der Waals surface area contributed by atoms with Crippen molar-refractivity contribution in [2.24, 2.45) is 11.7 Å². The maximum atomic E-state index is 12.5. The Morgan fingerprint density at radius 2 is 1.96 bits per heavy atom. The van der Waals surface area contributed by atoms with Gasteiger partial charge in [0.05, 0.1) is 5.92 Å². The number of nitrogens with zero attached hydrogens (tertiary/aromatic N) is 1. The lowest BCUT2D eigenvalue weighted by Gasteiger charge is -2.37. The molecule has 1 heterocycles. The molecule has 0 bridgehead atoms. The summed E-state index contributed by atoms with van der Waals surface area (Å²) in [6, 6.07) is 2.00. The van der Waals surface area contributed by atoms with Crippen LogP contribution < -0.4 is 11.1 Å². The van der Waals surface area contributed by atoms with E-state index >= 15 is 0 Å². The van der Waals surface area contributed by atoms with Gasteiger partial charge in [0.1, 0.15) is 0 Å². The molecule has 2 atom stereocenters. The summed E-state index contributed by atoms with van der Waals surface area (Å²) in [7, 11) is 0. The monoisotopic (exact) mass is 340 g/mol. The quantitative estimate of drug-likeness (QED) is 0.783. The van der Waals surface area contributed by atoms with Gasteiger partial charge in [-0.15, -0.1) is 12.4 Å². The fourth-order valence-electron chi connectivity index (χ4n) is 4.03. The Labute approximate surface area is 144 Å². The van der Waals surface area contributed by atoms with Crippen LogP contribution in [0.25, 0.3) is 0 Å². The van der Waals surface area contributed by atoms with E-state index in [1.165, 1.54) is 32.1 Å². The van der Waals surface area contributed by atoms with Crippen molar-refractivity contribution in [2.75, 3.05) is 5.32 Å². The van der Waals surface area contributed by atoms with Crippen LogP contribution in [0.2, 0.25) is 0 Å². The summed E-state index contributed by atoms with van der Waals surface area (Å²) >= 11 is 0. The minimum Gasteiger partial charge on any atom is -0.325 e. The second-order valence-electron chi connectivity index (χ2n) is 7.34. The summed E-state index contributed by atoms with van der Waals surface area (Å²) in [6.07, 6.45) is 10.3. The molecule has 2 fully saturated rings. The van der Waals surface area contributed by atoms with Gasteiger partial charge in [-0.05, 0) is 32.6 Å². The van der Waals surface area contributed by atoms with Crippen molar-refractivity contribution in [2.45, 2.75) is 76.2 Å². The van der Waals surface area contributed by atoms with Crippen LogP contribution in [0, 0.1) is 5.92 Å². The molecular weight excluding hydrogens is 312 g/mol. The number of anilines is 1. The van der Waals surface area contributed by atoms with E-state index in [2.05, 4.69) is 15.5 Å². The fourth-order valence-corrected chi connectivity index (χ4v) is 4.03. The van der Waals surface area contributed by atoms with Crippen molar-refractivity contribution in [1.82, 2.24) is 10.2 Å². The molecule has 0 spiro atoms. The predicted molar refractivity (Wildman–Crippen MR) is 94.8 cm³/mol. The van der Waals surface area contributed by atoms with Crippen molar-refractivity contribution < 1.29 is 4.79 Å². The Morgan fingerprint density at radius 3 is 2.65 bits per heavy atom. The number of hydrogen-bond donors (Lipinski definition) is 3. The maximum Gasteiger partial charge on any atom is 0.230 e. The highest BCUT2D eigenvalue weighted by Gasteiger charge is 2.38. The van der Waals surface area contributed by atoms with Gasteiger partial charge in [-0.3, -0.25) is 9.89 Å². The van der Waals surface area contributed by atoms with Crippen molar-refractivity contribution in [3.63, 3.8) is 0 Å². The van der Waals surface area contributed by atoms with E-state index in [0.29, 0.717) is 11.7 Å². The number of carbonyl (C=O) groups excluding carboxylic acids is 1. The van der Waals surface area contributed by atoms with Gasteiger partial charge in [0.2, 0.25) is 5.91 Å². The third-order valence-corrected chi connectivity index (χ3v) is 5.46. The van der Waals surface area contributed by atoms with Gasteiger partial charge in [0, 0.05) is 23.2 Å². The molecular formula is C17H29ClN4O. The number of aromatic nitrogens is 2. The molecule has 5 nitrogen and oxygen atoms in total. The number of halogens is 1. The Morgan fingerprint density at radius 1 is 1.26 bits per heavy atom. The number of carbonyl (C=O) groups is 1. The van der Waals surface area contributed by atoms with E-state index < -0.39 is 5.54 Å². The summed E-state index contributed by atoms with van der Waals surface area (Å²) in [5.74, 6) is 1.12. The van der Waals surface area contributed by atoms with Gasteiger partial charge in [0.15, 0.2) is 5.82 Å². The Kier molecular flexibility index (Phi) is 6.09. The summed E-state index contributed by atoms with van der Waals surface area (Å²) in [4.78, 5) is 12.5. The molecule has 2 aliphatic rings. The highest BCUT2D eigenvalue weighted by atomic mass is 35.5. The summed E-state index contributed by atoms with van der Waals surface area (Å²) in [5.41, 5.74) is 7.07. The maximum absolute atomic E-state index is 12.5. The number of aromatic amines is 1. The van der Waals surface area contributed by atoms with Gasteiger partial charge in [0.25, 0.3) is 0 Å². The second-order valence-corrected chi connectivity index (χ2v) is 7.34. The van der Waals surface area contributed by atoms with Crippen molar-refractivity contribution in [3.8, 4) is 0 Å². The van der Waals surface area contributed by atoms with Crippen molar-refractivity contribution in [3.05, 3.63) is 11.8 Å². The van der Waals surface area contributed by atoms with E-state index in [1.807, 2.05) is 13.0 Å². The first kappa shape index (κ1) is 18.3. The Balaban J connectivity index is 0.00000192. The molecule has 130 valence electrons.